The summed E-state index contributed by atoms with van der Waals surface area (Å²) in [7, 11) is 1.88. The van der Waals surface area contributed by atoms with Crippen LogP contribution in [-0.4, -0.2) is 15.7 Å². The lowest BCUT2D eigenvalue weighted by Gasteiger charge is -2.18. The third-order valence-corrected chi connectivity index (χ3v) is 6.66. The highest BCUT2D eigenvalue weighted by atomic mass is 32.1. The van der Waals surface area contributed by atoms with E-state index in [2.05, 4.69) is 34.7 Å². The lowest BCUT2D eigenvalue weighted by molar-refractivity contribution is 0.0939. The van der Waals surface area contributed by atoms with Gasteiger partial charge in [-0.25, -0.2) is 0 Å². The van der Waals surface area contributed by atoms with Gasteiger partial charge in [-0.2, -0.15) is 10.4 Å². The number of rotatable bonds is 6. The third-order valence-electron chi connectivity index (χ3n) is 5.62. The minimum Gasteiger partial charge on any atom is -0.346 e. The topological polar surface area (TPSA) is 96.7 Å². The lowest BCUT2D eigenvalue weighted by Crippen LogP contribution is -2.27. The normalized spacial score (nSPS) is 11.7. The molecule has 6 nitrogen and oxygen atoms in total. The molecule has 2 aromatic carbocycles. The van der Waals surface area contributed by atoms with E-state index >= 15 is 0 Å². The van der Waals surface area contributed by atoms with E-state index < -0.39 is 0 Å². The van der Waals surface area contributed by atoms with Crippen LogP contribution in [0.4, 0.5) is 0 Å². The maximum Gasteiger partial charge on any atom is 0.252 e. The molecule has 0 aliphatic carbocycles. The number of nitrogens with one attached hydrogen (secondary N) is 1. The van der Waals surface area contributed by atoms with E-state index in [1.165, 1.54) is 11.3 Å². The number of nitrogens with zero attached hydrogens (tertiary/aromatic N) is 3. The molecule has 4 rings (SSSR count). The van der Waals surface area contributed by atoms with Crippen LogP contribution in [0.15, 0.2) is 60.9 Å². The summed E-state index contributed by atoms with van der Waals surface area (Å²) in [5.41, 5.74) is 12.2. The van der Waals surface area contributed by atoms with Crippen molar-refractivity contribution in [2.24, 2.45) is 12.8 Å². The van der Waals surface area contributed by atoms with Crippen molar-refractivity contribution in [2.45, 2.75) is 26.4 Å². The standard InChI is InChI=1S/C26H25N5OS/c1-16-4-5-18(12-27)8-24(16)26(32)30-17(2)19-9-20(22-14-29-31(3)15-22)11-21(10-19)25-7-6-23(13-28)33-25/h4-11,14-15,17H,12,27H2,1-3H3,(H,30,32). The molecule has 0 spiro atoms. The fourth-order valence-corrected chi connectivity index (χ4v) is 4.52. The quantitative estimate of drug-likeness (QED) is 0.430. The number of thiophene rings is 1. The van der Waals surface area contributed by atoms with E-state index in [0.29, 0.717) is 17.0 Å². The molecule has 0 fully saturated rings. The maximum absolute atomic E-state index is 13.1. The summed E-state index contributed by atoms with van der Waals surface area (Å²) in [5, 5.41) is 16.7. The Morgan fingerprint density at radius 2 is 1.97 bits per heavy atom. The van der Waals surface area contributed by atoms with Gasteiger partial charge >= 0.3 is 0 Å². The van der Waals surface area contributed by atoms with Crippen LogP contribution in [-0.2, 0) is 13.6 Å². The number of nitrogens with two attached hydrogens (primary N) is 1. The van der Waals surface area contributed by atoms with Gasteiger partial charge in [-0.15, -0.1) is 11.3 Å². The zero-order valence-corrected chi connectivity index (χ0v) is 19.6. The molecular formula is C26H25N5OS. The first-order valence-corrected chi connectivity index (χ1v) is 11.4. The molecule has 1 unspecified atom stereocenters. The average Bonchev–Trinajstić information content (AvgIpc) is 3.48. The molecule has 4 aromatic rings. The number of carbonyl (C=O) groups is 1. The van der Waals surface area contributed by atoms with Crippen molar-refractivity contribution in [1.29, 1.82) is 5.26 Å². The summed E-state index contributed by atoms with van der Waals surface area (Å²) in [6.07, 6.45) is 3.78. The molecule has 166 valence electrons. The molecule has 33 heavy (non-hydrogen) atoms. The van der Waals surface area contributed by atoms with E-state index in [4.69, 9.17) is 5.73 Å². The van der Waals surface area contributed by atoms with Gasteiger partial charge in [0, 0.05) is 35.8 Å². The van der Waals surface area contributed by atoms with Gasteiger partial charge in [-0.3, -0.25) is 9.48 Å². The molecule has 2 aromatic heterocycles. The summed E-state index contributed by atoms with van der Waals surface area (Å²) in [6, 6.07) is 17.7. The Bertz CT molecular complexity index is 1360. The summed E-state index contributed by atoms with van der Waals surface area (Å²) in [4.78, 5) is 14.7. The van der Waals surface area contributed by atoms with Crippen LogP contribution in [0.5, 0.6) is 0 Å². The highest BCUT2D eigenvalue weighted by Gasteiger charge is 2.17. The number of amides is 1. The highest BCUT2D eigenvalue weighted by molar-refractivity contribution is 7.16. The molecule has 2 heterocycles. The number of hydrogen-bond acceptors (Lipinski definition) is 5. The lowest BCUT2D eigenvalue weighted by atomic mass is 9.97. The number of aromatic nitrogens is 2. The van der Waals surface area contributed by atoms with Crippen LogP contribution in [0.3, 0.4) is 0 Å². The number of nitriles is 1. The summed E-state index contributed by atoms with van der Waals surface area (Å²) in [6.45, 7) is 4.28. The van der Waals surface area contributed by atoms with Crippen molar-refractivity contribution < 1.29 is 4.79 Å². The molecule has 7 heteroatoms. The van der Waals surface area contributed by atoms with Crippen LogP contribution < -0.4 is 11.1 Å². The molecule has 0 aliphatic heterocycles. The Morgan fingerprint density at radius 1 is 1.18 bits per heavy atom. The molecular weight excluding hydrogens is 430 g/mol. The highest BCUT2D eigenvalue weighted by Crippen LogP contribution is 2.34. The molecule has 3 N–H and O–H groups in total. The van der Waals surface area contributed by atoms with Gasteiger partial charge in [-0.1, -0.05) is 12.1 Å². The SMILES string of the molecule is Cc1ccc(CN)cc1C(=O)NC(C)c1cc(-c2cnn(C)c2)cc(-c2ccc(C#N)s2)c1. The second-order valence-electron chi connectivity index (χ2n) is 8.07. The van der Waals surface area contributed by atoms with E-state index in [9.17, 15) is 10.1 Å². The second-order valence-corrected chi connectivity index (χ2v) is 9.15. The second kappa shape index (κ2) is 9.41. The van der Waals surface area contributed by atoms with E-state index in [0.717, 1.165) is 38.3 Å². The Kier molecular flexibility index (Phi) is 6.40. The van der Waals surface area contributed by atoms with Crippen LogP contribution in [0.25, 0.3) is 21.6 Å². The van der Waals surface area contributed by atoms with Crippen LogP contribution >= 0.6 is 11.3 Å². The summed E-state index contributed by atoms with van der Waals surface area (Å²) >= 11 is 1.45. The Morgan fingerprint density at radius 3 is 2.64 bits per heavy atom. The predicted molar refractivity (Wildman–Crippen MR) is 132 cm³/mol. The summed E-state index contributed by atoms with van der Waals surface area (Å²) in [5.74, 6) is -0.133. The zero-order chi connectivity index (χ0) is 23.5. The average molecular weight is 456 g/mol. The fourth-order valence-electron chi connectivity index (χ4n) is 3.73. The smallest absolute Gasteiger partial charge is 0.252 e. The first-order chi connectivity index (χ1) is 15.9. The number of carbonyl (C=O) groups excluding carboxylic acids is 1. The molecule has 1 amide bonds. The monoisotopic (exact) mass is 455 g/mol. The van der Waals surface area contributed by atoms with Crippen LogP contribution in [0, 0.1) is 18.3 Å². The Balaban J connectivity index is 1.70. The van der Waals surface area contributed by atoms with Gasteiger partial charge in [0.2, 0.25) is 0 Å². The number of hydrogen-bond donors (Lipinski definition) is 2. The predicted octanol–water partition coefficient (Wildman–Crippen LogP) is 4.95. The first-order valence-electron chi connectivity index (χ1n) is 10.6. The van der Waals surface area contributed by atoms with Crippen molar-refractivity contribution in [3.8, 4) is 27.6 Å². The number of aryl methyl sites for hydroxylation is 2. The fraction of sp³-hybridized carbons (Fsp3) is 0.192. The van der Waals surface area contributed by atoms with Gasteiger partial charge < -0.3 is 11.1 Å². The van der Waals surface area contributed by atoms with Gasteiger partial charge in [0.1, 0.15) is 10.9 Å². The van der Waals surface area contributed by atoms with E-state index in [-0.39, 0.29) is 11.9 Å². The minimum absolute atomic E-state index is 0.133. The number of benzene rings is 2. The van der Waals surface area contributed by atoms with Crippen molar-refractivity contribution >= 4 is 17.2 Å². The van der Waals surface area contributed by atoms with E-state index in [1.807, 2.05) is 63.6 Å². The van der Waals surface area contributed by atoms with Gasteiger partial charge in [0.15, 0.2) is 0 Å². The van der Waals surface area contributed by atoms with Crippen molar-refractivity contribution in [3.63, 3.8) is 0 Å². The van der Waals surface area contributed by atoms with Gasteiger partial charge in [0.25, 0.3) is 5.91 Å². The minimum atomic E-state index is -0.232. The molecule has 0 aliphatic rings. The van der Waals surface area contributed by atoms with Crippen molar-refractivity contribution in [3.05, 3.63) is 88.1 Å². The molecule has 0 bridgehead atoms. The maximum atomic E-state index is 13.1. The van der Waals surface area contributed by atoms with Crippen LogP contribution in [0.2, 0.25) is 0 Å². The molecule has 0 radical (unpaired) electrons. The molecule has 0 saturated carbocycles. The largest absolute Gasteiger partial charge is 0.346 e. The molecule has 0 saturated heterocycles. The summed E-state index contributed by atoms with van der Waals surface area (Å²) < 4.78 is 1.76. The molecule has 1 atom stereocenters. The Labute approximate surface area is 197 Å². The first kappa shape index (κ1) is 22.5. The van der Waals surface area contributed by atoms with Gasteiger partial charge in [-0.05, 0) is 78.1 Å². The zero-order valence-electron chi connectivity index (χ0n) is 18.8. The Hall–Kier alpha value is -3.73. The van der Waals surface area contributed by atoms with Crippen LogP contribution in [0.1, 0.15) is 44.9 Å². The van der Waals surface area contributed by atoms with E-state index in [1.54, 1.807) is 4.68 Å². The van der Waals surface area contributed by atoms with Crippen molar-refractivity contribution in [2.75, 3.05) is 0 Å². The third kappa shape index (κ3) is 4.87. The van der Waals surface area contributed by atoms with Crippen molar-refractivity contribution in [1.82, 2.24) is 15.1 Å². The van der Waals surface area contributed by atoms with Gasteiger partial charge in [0.05, 0.1) is 12.2 Å².